The molecule has 1 N–H and O–H groups in total. The fraction of sp³-hybridized carbons (Fsp3) is 0.538. The van der Waals surface area contributed by atoms with Crippen molar-refractivity contribution in [3.8, 4) is 0 Å². The summed E-state index contributed by atoms with van der Waals surface area (Å²) < 4.78 is 6.00. The van der Waals surface area contributed by atoms with Gasteiger partial charge in [0.2, 0.25) is 5.90 Å². The van der Waals surface area contributed by atoms with Crippen molar-refractivity contribution in [1.82, 2.24) is 4.90 Å². The monoisotopic (exact) mass is 434 g/mol. The summed E-state index contributed by atoms with van der Waals surface area (Å²) in [5.74, 6) is 1.68. The van der Waals surface area contributed by atoms with Gasteiger partial charge in [-0.3, -0.25) is 4.79 Å². The quantitative estimate of drug-likeness (QED) is 0.737. The average molecular weight is 435 g/mol. The number of carbonyl (C=O) groups is 1. The van der Waals surface area contributed by atoms with Crippen molar-refractivity contribution in [3.05, 3.63) is 59.4 Å². The Labute approximate surface area is 188 Å². The lowest BCUT2D eigenvalue weighted by molar-refractivity contribution is -0.129. The average Bonchev–Trinajstić information content (AvgIpc) is 3.44. The molecule has 2 fully saturated rings. The first-order valence-corrected chi connectivity index (χ1v) is 11.7. The number of hydrogen-bond donors (Lipinski definition) is 1. The third-order valence-electron chi connectivity index (χ3n) is 8.61. The second kappa shape index (κ2) is 7.20. The molecule has 2 saturated carbocycles. The van der Waals surface area contributed by atoms with E-state index in [1.807, 2.05) is 44.4 Å². The molecule has 1 heterocycles. The molecule has 9 atom stereocenters. The van der Waals surface area contributed by atoms with Gasteiger partial charge in [-0.25, -0.2) is 0 Å². The van der Waals surface area contributed by atoms with Gasteiger partial charge in [0.05, 0.1) is 6.04 Å². The van der Waals surface area contributed by atoms with Crippen LogP contribution in [-0.2, 0) is 21.0 Å². The molecule has 5 aliphatic rings. The minimum Gasteiger partial charge on any atom is -0.512 e. The lowest BCUT2D eigenvalue weighted by atomic mass is 9.61. The summed E-state index contributed by atoms with van der Waals surface area (Å²) in [5.41, 5.74) is 1.61. The predicted molar refractivity (Wildman–Crippen MR) is 120 cm³/mol. The highest BCUT2D eigenvalue weighted by Gasteiger charge is 2.62. The Balaban J connectivity index is 1.35. The molecule has 1 aromatic rings. The zero-order chi connectivity index (χ0) is 22.1. The van der Waals surface area contributed by atoms with E-state index in [1.54, 1.807) is 0 Å². The molecule has 32 heavy (non-hydrogen) atoms. The number of nitrogens with zero attached hydrogens (tertiary/aromatic N) is 2. The maximum Gasteiger partial charge on any atom is 0.241 e. The smallest absolute Gasteiger partial charge is 0.241 e. The van der Waals surface area contributed by atoms with Crippen molar-refractivity contribution in [2.45, 2.75) is 32.1 Å². The number of hydrogen-bond acceptors (Lipinski definition) is 6. The van der Waals surface area contributed by atoms with Gasteiger partial charge in [-0.1, -0.05) is 54.6 Å². The van der Waals surface area contributed by atoms with Crippen LogP contribution in [-0.4, -0.2) is 47.9 Å². The van der Waals surface area contributed by atoms with Gasteiger partial charge in [-0.15, -0.1) is 0 Å². The van der Waals surface area contributed by atoms with Crippen LogP contribution in [0.3, 0.4) is 0 Å². The number of aliphatic hydroxyl groups excluding tert-OH is 1. The number of carbonyl (C=O) groups excluding carboxylic acids is 1. The van der Waals surface area contributed by atoms with Crippen molar-refractivity contribution in [1.29, 1.82) is 0 Å². The van der Waals surface area contributed by atoms with Gasteiger partial charge >= 0.3 is 0 Å². The lowest BCUT2D eigenvalue weighted by Crippen LogP contribution is -2.58. The molecule has 1 aromatic carbocycles. The molecule has 0 saturated heterocycles. The van der Waals surface area contributed by atoms with E-state index in [0.717, 1.165) is 12.0 Å². The van der Waals surface area contributed by atoms with E-state index in [1.165, 1.54) is 0 Å². The van der Waals surface area contributed by atoms with E-state index in [0.29, 0.717) is 47.5 Å². The zero-order valence-corrected chi connectivity index (χ0v) is 18.7. The first-order valence-electron chi connectivity index (χ1n) is 11.7. The predicted octanol–water partition coefficient (Wildman–Crippen LogP) is 3.56. The summed E-state index contributed by atoms with van der Waals surface area (Å²) in [6.07, 6.45) is 5.09. The number of ether oxygens (including phenoxy) is 1. The number of oxime groups is 1. The molecule has 168 valence electrons. The number of rotatable bonds is 3. The van der Waals surface area contributed by atoms with Crippen LogP contribution in [0.2, 0.25) is 0 Å². The van der Waals surface area contributed by atoms with Crippen LogP contribution in [0.1, 0.15) is 18.9 Å². The summed E-state index contributed by atoms with van der Waals surface area (Å²) in [6, 6.07) is 9.79. The van der Waals surface area contributed by atoms with Crippen LogP contribution < -0.4 is 0 Å². The Kier molecular flexibility index (Phi) is 4.51. The fourth-order valence-corrected chi connectivity index (χ4v) is 7.25. The molecular formula is C26H30N2O4. The minimum absolute atomic E-state index is 0.0456. The van der Waals surface area contributed by atoms with Crippen molar-refractivity contribution in [3.63, 3.8) is 0 Å². The van der Waals surface area contributed by atoms with Gasteiger partial charge in [-0.2, -0.15) is 0 Å². The van der Waals surface area contributed by atoms with Gasteiger partial charge in [0.1, 0.15) is 18.3 Å². The number of fused-ring (bicyclic) bond motifs is 7. The highest BCUT2D eigenvalue weighted by Crippen LogP contribution is 2.61. The van der Waals surface area contributed by atoms with Gasteiger partial charge < -0.3 is 19.6 Å². The molecular weight excluding hydrogens is 404 g/mol. The molecule has 4 aliphatic carbocycles. The number of aliphatic hydroxyl groups is 1. The second-order valence-corrected chi connectivity index (χ2v) is 10.3. The van der Waals surface area contributed by atoms with E-state index in [2.05, 4.69) is 29.1 Å². The molecule has 0 radical (unpaired) electrons. The summed E-state index contributed by atoms with van der Waals surface area (Å²) in [5, 5.41) is 15.7. The Morgan fingerprint density at radius 1 is 1.19 bits per heavy atom. The van der Waals surface area contributed by atoms with Gasteiger partial charge in [0.25, 0.3) is 0 Å². The number of Topliss-reactive ketones (excluding diaryl/α,β-unsaturated/α-hetero) is 1. The third-order valence-corrected chi connectivity index (χ3v) is 8.61. The third kappa shape index (κ3) is 2.68. The molecule has 6 heteroatoms. The van der Waals surface area contributed by atoms with Crippen LogP contribution in [0.5, 0.6) is 0 Å². The van der Waals surface area contributed by atoms with E-state index < -0.39 is 12.0 Å². The maximum absolute atomic E-state index is 13.8. The Hall–Kier alpha value is -2.60. The lowest BCUT2D eigenvalue weighted by Gasteiger charge is -2.47. The van der Waals surface area contributed by atoms with Crippen LogP contribution in [0, 0.1) is 41.4 Å². The highest BCUT2D eigenvalue weighted by molar-refractivity contribution is 6.12. The summed E-state index contributed by atoms with van der Waals surface area (Å²) in [7, 11) is 4.04. The van der Waals surface area contributed by atoms with E-state index >= 15 is 0 Å². The van der Waals surface area contributed by atoms with Crippen molar-refractivity contribution >= 4 is 11.7 Å². The van der Waals surface area contributed by atoms with Crippen LogP contribution >= 0.6 is 0 Å². The number of ketones is 1. The number of likely N-dealkylation sites (N-methyl/N-ethyl adjacent to an activating group) is 1. The van der Waals surface area contributed by atoms with Crippen LogP contribution in [0.4, 0.5) is 0 Å². The Morgan fingerprint density at radius 2 is 1.94 bits per heavy atom. The number of benzene rings is 1. The Morgan fingerprint density at radius 3 is 2.69 bits per heavy atom. The first kappa shape index (κ1) is 20.0. The summed E-state index contributed by atoms with van der Waals surface area (Å²) >= 11 is 0. The topological polar surface area (TPSA) is 71.4 Å². The molecule has 6 nitrogen and oxygen atoms in total. The summed E-state index contributed by atoms with van der Waals surface area (Å²) in [6.45, 7) is 2.61. The molecule has 0 aromatic heterocycles. The normalized spacial score (nSPS) is 41.3. The van der Waals surface area contributed by atoms with Crippen molar-refractivity contribution < 1.29 is 19.5 Å². The molecule has 1 aliphatic heterocycles. The first-order chi connectivity index (χ1) is 15.5. The van der Waals surface area contributed by atoms with E-state index in [4.69, 9.17) is 9.57 Å². The standard InChI is InChI=1S/C26H30N2O4/c1-13-15-9-10-16(13)19-17(15)11-18-20(23(19)29)24(30)21-25(22(18)28(2)3)32-27-26(21)31-12-14-7-5-4-6-8-14/h4-10,13,15-19,21-22,25,29H,11-12H2,1-3H3/t13?,15-,16+,17-,18+,19+,21?,22+,25?/m0/s1. The summed E-state index contributed by atoms with van der Waals surface area (Å²) in [4.78, 5) is 21.8. The highest BCUT2D eigenvalue weighted by atomic mass is 16.7. The number of allylic oxidation sites excluding steroid dienone is 3. The maximum atomic E-state index is 13.8. The Bertz CT molecular complexity index is 1030. The van der Waals surface area contributed by atoms with Gasteiger partial charge in [0.15, 0.2) is 11.9 Å². The molecule has 6 rings (SSSR count). The van der Waals surface area contributed by atoms with E-state index in [9.17, 15) is 9.90 Å². The fourth-order valence-electron chi connectivity index (χ4n) is 7.25. The van der Waals surface area contributed by atoms with Crippen LogP contribution in [0.25, 0.3) is 0 Å². The second-order valence-electron chi connectivity index (χ2n) is 10.3. The molecule has 2 bridgehead atoms. The zero-order valence-electron chi connectivity index (χ0n) is 18.7. The largest absolute Gasteiger partial charge is 0.512 e. The van der Waals surface area contributed by atoms with Crippen LogP contribution in [0.15, 0.2) is 59.0 Å². The molecule has 0 amide bonds. The molecule has 0 spiro atoms. The van der Waals surface area contributed by atoms with Crippen molar-refractivity contribution in [2.24, 2.45) is 46.6 Å². The van der Waals surface area contributed by atoms with Gasteiger partial charge in [-0.05, 0) is 49.8 Å². The van der Waals surface area contributed by atoms with E-state index in [-0.39, 0.29) is 23.7 Å². The minimum atomic E-state index is -0.609. The van der Waals surface area contributed by atoms with Crippen molar-refractivity contribution in [2.75, 3.05) is 14.1 Å². The SMILES string of the molecule is CC1[C@H]2C=C[C@@H]1[C@@H]1C[C@@H]3C(=C(O)[C@@H]12)C(=O)C1C(OCc2ccccc2)=NOC1[C@@H]3N(C)C. The molecule has 3 unspecified atom stereocenters. The van der Waals surface area contributed by atoms with Gasteiger partial charge in [0, 0.05) is 17.4 Å².